The zero-order valence-electron chi connectivity index (χ0n) is 11.1. The molecule has 3 heteroatoms. The van der Waals surface area contributed by atoms with Crippen molar-refractivity contribution in [1.29, 1.82) is 0 Å². The third-order valence-electron chi connectivity index (χ3n) is 3.32. The highest BCUT2D eigenvalue weighted by atomic mass is 79.9. The smallest absolute Gasteiger partial charge is 0.137 e. The summed E-state index contributed by atoms with van der Waals surface area (Å²) in [6.45, 7) is 4.16. The lowest BCUT2D eigenvalue weighted by molar-refractivity contribution is 0.617. The third-order valence-corrected chi connectivity index (χ3v) is 3.92. The normalized spacial score (nSPS) is 12.5. The molecule has 2 aromatic carbocycles. The Morgan fingerprint density at radius 1 is 1.16 bits per heavy atom. The van der Waals surface area contributed by atoms with E-state index in [1.807, 2.05) is 0 Å². The van der Waals surface area contributed by atoms with Crippen LogP contribution in [0.4, 0.5) is 4.39 Å². The van der Waals surface area contributed by atoms with Crippen LogP contribution in [0.2, 0.25) is 0 Å². The first-order chi connectivity index (χ1) is 8.97. The van der Waals surface area contributed by atoms with Gasteiger partial charge < -0.3 is 5.73 Å². The van der Waals surface area contributed by atoms with E-state index in [2.05, 4.69) is 48.0 Å². The van der Waals surface area contributed by atoms with Gasteiger partial charge in [-0.25, -0.2) is 4.39 Å². The van der Waals surface area contributed by atoms with Gasteiger partial charge >= 0.3 is 0 Å². The van der Waals surface area contributed by atoms with Crippen LogP contribution in [0.3, 0.4) is 0 Å². The van der Waals surface area contributed by atoms with Crippen LogP contribution in [-0.2, 0) is 6.42 Å². The van der Waals surface area contributed by atoms with Gasteiger partial charge in [0.05, 0.1) is 4.47 Å². The molecule has 0 saturated carbocycles. The summed E-state index contributed by atoms with van der Waals surface area (Å²) in [5.41, 5.74) is 10.9. The predicted octanol–water partition coefficient (Wildman–Crippen LogP) is 4.45. The summed E-state index contributed by atoms with van der Waals surface area (Å²) < 4.78 is 13.7. The first kappa shape index (κ1) is 14.2. The largest absolute Gasteiger partial charge is 0.324 e. The SMILES string of the molecule is Cc1ccc(C)c(CC(N)c2ccc(F)c(Br)c2)c1. The Labute approximate surface area is 121 Å². The van der Waals surface area contributed by atoms with E-state index in [0.717, 1.165) is 12.0 Å². The monoisotopic (exact) mass is 321 g/mol. The molecule has 19 heavy (non-hydrogen) atoms. The van der Waals surface area contributed by atoms with Crippen molar-refractivity contribution in [3.63, 3.8) is 0 Å². The predicted molar refractivity (Wildman–Crippen MR) is 80.6 cm³/mol. The van der Waals surface area contributed by atoms with Gasteiger partial charge in [-0.15, -0.1) is 0 Å². The van der Waals surface area contributed by atoms with Crippen LogP contribution in [0, 0.1) is 19.7 Å². The van der Waals surface area contributed by atoms with E-state index in [-0.39, 0.29) is 11.9 Å². The molecule has 100 valence electrons. The molecule has 1 atom stereocenters. The minimum atomic E-state index is -0.261. The van der Waals surface area contributed by atoms with Crippen LogP contribution < -0.4 is 5.73 Å². The van der Waals surface area contributed by atoms with Gasteiger partial charge in [-0.05, 0) is 65.0 Å². The van der Waals surface area contributed by atoms with Crippen molar-refractivity contribution < 1.29 is 4.39 Å². The van der Waals surface area contributed by atoms with Crippen LogP contribution >= 0.6 is 15.9 Å². The molecule has 0 aromatic heterocycles. The summed E-state index contributed by atoms with van der Waals surface area (Å²) >= 11 is 3.20. The zero-order valence-corrected chi connectivity index (χ0v) is 12.7. The fraction of sp³-hybridized carbons (Fsp3) is 0.250. The highest BCUT2D eigenvalue weighted by molar-refractivity contribution is 9.10. The maximum atomic E-state index is 13.2. The zero-order chi connectivity index (χ0) is 14.0. The number of nitrogens with two attached hydrogens (primary N) is 1. The van der Waals surface area contributed by atoms with Gasteiger partial charge in [0.2, 0.25) is 0 Å². The van der Waals surface area contributed by atoms with E-state index in [1.54, 1.807) is 12.1 Å². The molecule has 2 N–H and O–H groups in total. The van der Waals surface area contributed by atoms with Crippen molar-refractivity contribution in [3.05, 3.63) is 68.9 Å². The molecule has 1 nitrogen and oxygen atoms in total. The highest BCUT2D eigenvalue weighted by Crippen LogP contribution is 2.23. The second kappa shape index (κ2) is 5.85. The highest BCUT2D eigenvalue weighted by Gasteiger charge is 2.11. The molecule has 0 aliphatic heterocycles. The Morgan fingerprint density at radius 3 is 2.58 bits per heavy atom. The minimum Gasteiger partial charge on any atom is -0.324 e. The first-order valence-corrected chi connectivity index (χ1v) is 7.03. The molecule has 1 unspecified atom stereocenters. The van der Waals surface area contributed by atoms with Crippen molar-refractivity contribution in [3.8, 4) is 0 Å². The molecular weight excluding hydrogens is 305 g/mol. The summed E-state index contributed by atoms with van der Waals surface area (Å²) in [6.07, 6.45) is 0.756. The van der Waals surface area contributed by atoms with Gasteiger partial charge in [0.1, 0.15) is 5.82 Å². The number of hydrogen-bond donors (Lipinski definition) is 1. The molecule has 0 saturated heterocycles. The number of halogens is 2. The Hall–Kier alpha value is -1.19. The topological polar surface area (TPSA) is 26.0 Å². The lowest BCUT2D eigenvalue weighted by Gasteiger charge is -2.15. The number of rotatable bonds is 3. The molecule has 0 amide bonds. The van der Waals surface area contributed by atoms with Crippen molar-refractivity contribution >= 4 is 15.9 Å². The molecule has 2 rings (SSSR count). The van der Waals surface area contributed by atoms with Gasteiger partial charge in [-0.1, -0.05) is 29.8 Å². The first-order valence-electron chi connectivity index (χ1n) is 6.24. The van der Waals surface area contributed by atoms with E-state index < -0.39 is 0 Å². The molecule has 0 aliphatic carbocycles. The van der Waals surface area contributed by atoms with Gasteiger partial charge in [0, 0.05) is 6.04 Å². The van der Waals surface area contributed by atoms with Crippen LogP contribution in [-0.4, -0.2) is 0 Å². The van der Waals surface area contributed by atoms with E-state index in [1.165, 1.54) is 22.8 Å². The number of hydrogen-bond acceptors (Lipinski definition) is 1. The fourth-order valence-electron chi connectivity index (χ4n) is 2.12. The van der Waals surface area contributed by atoms with Crippen LogP contribution in [0.25, 0.3) is 0 Å². The maximum absolute atomic E-state index is 13.2. The molecular formula is C16H17BrFN. The van der Waals surface area contributed by atoms with Gasteiger partial charge in [0.25, 0.3) is 0 Å². The Bertz CT molecular complexity index is 595. The molecule has 2 aromatic rings. The van der Waals surface area contributed by atoms with Crippen LogP contribution in [0.15, 0.2) is 40.9 Å². The van der Waals surface area contributed by atoms with Gasteiger partial charge in [-0.2, -0.15) is 0 Å². The van der Waals surface area contributed by atoms with Crippen LogP contribution in [0.1, 0.15) is 28.3 Å². The number of benzene rings is 2. The third kappa shape index (κ3) is 3.43. The fourth-order valence-corrected chi connectivity index (χ4v) is 2.51. The second-order valence-electron chi connectivity index (χ2n) is 4.91. The van der Waals surface area contributed by atoms with E-state index in [0.29, 0.717) is 4.47 Å². The van der Waals surface area contributed by atoms with E-state index >= 15 is 0 Å². The molecule has 0 bridgehead atoms. The molecule has 0 aliphatic rings. The maximum Gasteiger partial charge on any atom is 0.137 e. The number of aryl methyl sites for hydroxylation is 2. The van der Waals surface area contributed by atoms with Crippen molar-refractivity contribution in [1.82, 2.24) is 0 Å². The van der Waals surface area contributed by atoms with Gasteiger partial charge in [-0.3, -0.25) is 0 Å². The lowest BCUT2D eigenvalue weighted by Crippen LogP contribution is -2.14. The summed E-state index contributed by atoms with van der Waals surface area (Å²) in [6, 6.07) is 11.2. The van der Waals surface area contributed by atoms with E-state index in [9.17, 15) is 4.39 Å². The molecule has 0 radical (unpaired) electrons. The molecule has 0 spiro atoms. The quantitative estimate of drug-likeness (QED) is 0.888. The second-order valence-corrected chi connectivity index (χ2v) is 5.77. The van der Waals surface area contributed by atoms with Crippen molar-refractivity contribution in [2.75, 3.05) is 0 Å². The molecule has 0 fully saturated rings. The van der Waals surface area contributed by atoms with Crippen molar-refractivity contribution in [2.45, 2.75) is 26.3 Å². The minimum absolute atomic E-state index is 0.127. The summed E-state index contributed by atoms with van der Waals surface area (Å²) in [5, 5.41) is 0. The Morgan fingerprint density at radius 2 is 1.89 bits per heavy atom. The standard InChI is InChI=1S/C16H17BrFN/c1-10-3-4-11(2)13(7-10)9-16(19)12-5-6-15(18)14(17)8-12/h3-8,16H,9,19H2,1-2H3. The summed E-state index contributed by atoms with van der Waals surface area (Å²) in [4.78, 5) is 0. The van der Waals surface area contributed by atoms with Crippen molar-refractivity contribution in [2.24, 2.45) is 5.73 Å². The average Bonchev–Trinajstić information content (AvgIpc) is 2.37. The average molecular weight is 322 g/mol. The van der Waals surface area contributed by atoms with Gasteiger partial charge in [0.15, 0.2) is 0 Å². The summed E-state index contributed by atoms with van der Waals surface area (Å²) in [5.74, 6) is -0.261. The van der Waals surface area contributed by atoms with Crippen LogP contribution in [0.5, 0.6) is 0 Å². The Kier molecular flexibility index (Phi) is 4.38. The summed E-state index contributed by atoms with van der Waals surface area (Å²) in [7, 11) is 0. The lowest BCUT2D eigenvalue weighted by atomic mass is 9.95. The Balaban J connectivity index is 2.22. The molecule has 0 heterocycles. The van der Waals surface area contributed by atoms with E-state index in [4.69, 9.17) is 5.73 Å².